The maximum absolute atomic E-state index is 5.00. The Labute approximate surface area is 150 Å². The molecule has 25 heavy (non-hydrogen) atoms. The molecule has 2 nitrogen and oxygen atoms in total. The van der Waals surface area contributed by atoms with Crippen molar-refractivity contribution in [2.24, 2.45) is 4.99 Å². The smallest absolute Gasteiger partial charge is 0.0849 e. The maximum atomic E-state index is 5.00. The van der Waals surface area contributed by atoms with Crippen molar-refractivity contribution in [3.63, 3.8) is 0 Å². The minimum atomic E-state index is 0.950. The zero-order valence-corrected chi connectivity index (χ0v) is 15.9. The van der Waals surface area contributed by atoms with Crippen molar-refractivity contribution in [3.05, 3.63) is 70.4 Å². The van der Waals surface area contributed by atoms with Crippen molar-refractivity contribution >= 4 is 22.3 Å². The Kier molecular flexibility index (Phi) is 4.98. The van der Waals surface area contributed by atoms with Crippen molar-refractivity contribution in [1.29, 1.82) is 0 Å². The molecule has 3 aromatic rings. The van der Waals surface area contributed by atoms with Crippen LogP contribution in [0.1, 0.15) is 48.7 Å². The standard InChI is InChI=1S/C23H26N2/c1-6-18-13-15(3)14-19(7-2)23(18)24-17(5)21-12-11-20-10-8-9-16(4)22(20)25-21/h8-14H,6-7H2,1-5H3. The van der Waals surface area contributed by atoms with E-state index >= 15 is 0 Å². The van der Waals surface area contributed by atoms with E-state index < -0.39 is 0 Å². The highest BCUT2D eigenvalue weighted by molar-refractivity contribution is 6.00. The van der Waals surface area contributed by atoms with Gasteiger partial charge in [0.25, 0.3) is 0 Å². The van der Waals surface area contributed by atoms with E-state index in [0.29, 0.717) is 0 Å². The van der Waals surface area contributed by atoms with Crippen molar-refractivity contribution in [1.82, 2.24) is 4.98 Å². The second-order valence-corrected chi connectivity index (χ2v) is 6.68. The van der Waals surface area contributed by atoms with Gasteiger partial charge in [-0.25, -0.2) is 4.98 Å². The molecule has 0 aliphatic rings. The first-order chi connectivity index (χ1) is 12.0. The third-order valence-corrected chi connectivity index (χ3v) is 4.75. The fourth-order valence-corrected chi connectivity index (χ4v) is 3.34. The first kappa shape index (κ1) is 17.3. The lowest BCUT2D eigenvalue weighted by Crippen LogP contribution is -2.01. The van der Waals surface area contributed by atoms with Crippen LogP contribution >= 0.6 is 0 Å². The highest BCUT2D eigenvalue weighted by Crippen LogP contribution is 2.28. The van der Waals surface area contributed by atoms with Gasteiger partial charge in [-0.15, -0.1) is 0 Å². The van der Waals surface area contributed by atoms with Crippen LogP contribution < -0.4 is 0 Å². The van der Waals surface area contributed by atoms with Crippen LogP contribution in [-0.4, -0.2) is 10.7 Å². The molecule has 1 aromatic heterocycles. The van der Waals surface area contributed by atoms with Crippen LogP contribution in [0.15, 0.2) is 47.5 Å². The summed E-state index contributed by atoms with van der Waals surface area (Å²) in [6.45, 7) is 10.7. The summed E-state index contributed by atoms with van der Waals surface area (Å²) in [5, 5.41) is 1.18. The van der Waals surface area contributed by atoms with E-state index in [-0.39, 0.29) is 0 Å². The molecule has 0 atom stereocenters. The van der Waals surface area contributed by atoms with Crippen molar-refractivity contribution < 1.29 is 0 Å². The number of pyridine rings is 1. The molecule has 3 rings (SSSR count). The molecule has 0 bridgehead atoms. The molecule has 1 heterocycles. The van der Waals surface area contributed by atoms with Crippen molar-refractivity contribution in [3.8, 4) is 0 Å². The van der Waals surface area contributed by atoms with Crippen molar-refractivity contribution in [2.45, 2.75) is 47.5 Å². The van der Waals surface area contributed by atoms with Crippen LogP contribution in [0.2, 0.25) is 0 Å². The van der Waals surface area contributed by atoms with Gasteiger partial charge in [-0.3, -0.25) is 4.99 Å². The molecule has 2 heteroatoms. The summed E-state index contributed by atoms with van der Waals surface area (Å²) >= 11 is 0. The number of benzene rings is 2. The van der Waals surface area contributed by atoms with E-state index in [4.69, 9.17) is 9.98 Å². The normalized spacial score (nSPS) is 12.0. The Morgan fingerprint density at radius 1 is 0.960 bits per heavy atom. The molecule has 0 unspecified atom stereocenters. The summed E-state index contributed by atoms with van der Waals surface area (Å²) in [5.74, 6) is 0. The maximum Gasteiger partial charge on any atom is 0.0849 e. The molecule has 128 valence electrons. The Bertz CT molecular complexity index is 926. The second-order valence-electron chi connectivity index (χ2n) is 6.68. The molecule has 0 fully saturated rings. The molecule has 0 N–H and O–H groups in total. The molecule has 0 saturated carbocycles. The van der Waals surface area contributed by atoms with Crippen LogP contribution in [0.4, 0.5) is 5.69 Å². The number of fused-ring (bicyclic) bond motifs is 1. The van der Waals surface area contributed by atoms with Gasteiger partial charge < -0.3 is 0 Å². The Morgan fingerprint density at radius 2 is 1.64 bits per heavy atom. The zero-order chi connectivity index (χ0) is 18.0. The third-order valence-electron chi connectivity index (χ3n) is 4.75. The highest BCUT2D eigenvalue weighted by Gasteiger charge is 2.09. The SMILES string of the molecule is CCc1cc(C)cc(CC)c1N=C(C)c1ccc2cccc(C)c2n1. The number of aliphatic imine (C=N–C) groups is 1. The summed E-state index contributed by atoms with van der Waals surface area (Å²) in [6.07, 6.45) is 1.98. The van der Waals surface area contributed by atoms with Crippen LogP contribution in [-0.2, 0) is 12.8 Å². The Morgan fingerprint density at radius 3 is 2.28 bits per heavy atom. The quantitative estimate of drug-likeness (QED) is 0.529. The number of hydrogen-bond donors (Lipinski definition) is 0. The summed E-state index contributed by atoms with van der Waals surface area (Å²) in [7, 11) is 0. The van der Waals surface area contributed by atoms with Gasteiger partial charge in [0.05, 0.1) is 22.6 Å². The van der Waals surface area contributed by atoms with Crippen LogP contribution in [0.5, 0.6) is 0 Å². The lowest BCUT2D eigenvalue weighted by Gasteiger charge is -2.12. The van der Waals surface area contributed by atoms with E-state index in [1.165, 1.54) is 27.6 Å². The van der Waals surface area contributed by atoms with Crippen LogP contribution in [0.3, 0.4) is 0 Å². The first-order valence-corrected chi connectivity index (χ1v) is 9.08. The van der Waals surface area contributed by atoms with E-state index in [1.54, 1.807) is 0 Å². The Balaban J connectivity index is 2.12. The lowest BCUT2D eigenvalue weighted by molar-refractivity contribution is 1.07. The number of aromatic nitrogens is 1. The number of nitrogens with zero attached hydrogens (tertiary/aromatic N) is 2. The molecule has 0 amide bonds. The summed E-state index contributed by atoms with van der Waals surface area (Å²) < 4.78 is 0. The number of rotatable bonds is 4. The topological polar surface area (TPSA) is 25.2 Å². The molecule has 2 aromatic carbocycles. The molecule has 0 saturated heterocycles. The molecule has 0 aliphatic heterocycles. The van der Waals surface area contributed by atoms with Gasteiger partial charge in [0.15, 0.2) is 0 Å². The summed E-state index contributed by atoms with van der Waals surface area (Å²) in [5.41, 5.74) is 9.24. The molecular weight excluding hydrogens is 304 g/mol. The molecule has 0 radical (unpaired) electrons. The largest absolute Gasteiger partial charge is 0.251 e. The minimum absolute atomic E-state index is 0.950. The molecular formula is C23H26N2. The number of aryl methyl sites for hydroxylation is 4. The highest BCUT2D eigenvalue weighted by atomic mass is 14.8. The fraction of sp³-hybridized carbons (Fsp3) is 0.304. The first-order valence-electron chi connectivity index (χ1n) is 9.08. The third kappa shape index (κ3) is 3.48. The number of hydrogen-bond acceptors (Lipinski definition) is 2. The van der Waals surface area contributed by atoms with Gasteiger partial charge in [-0.05, 0) is 56.4 Å². The van der Waals surface area contributed by atoms with Gasteiger partial charge in [0.2, 0.25) is 0 Å². The summed E-state index contributed by atoms with van der Waals surface area (Å²) in [4.78, 5) is 9.87. The van der Waals surface area contributed by atoms with Gasteiger partial charge in [0, 0.05) is 5.39 Å². The van der Waals surface area contributed by atoms with E-state index in [1.807, 2.05) is 0 Å². The average Bonchev–Trinajstić information content (AvgIpc) is 2.62. The van der Waals surface area contributed by atoms with Gasteiger partial charge in [-0.2, -0.15) is 0 Å². The van der Waals surface area contributed by atoms with Crippen LogP contribution in [0.25, 0.3) is 10.9 Å². The monoisotopic (exact) mass is 330 g/mol. The summed E-state index contributed by atoms with van der Waals surface area (Å²) in [6, 6.07) is 15.0. The minimum Gasteiger partial charge on any atom is -0.251 e. The lowest BCUT2D eigenvalue weighted by atomic mass is 10.00. The van der Waals surface area contributed by atoms with E-state index in [9.17, 15) is 0 Å². The predicted molar refractivity (Wildman–Crippen MR) is 108 cm³/mol. The second kappa shape index (κ2) is 7.18. The van der Waals surface area contributed by atoms with Gasteiger partial charge >= 0.3 is 0 Å². The van der Waals surface area contributed by atoms with Gasteiger partial charge in [-0.1, -0.05) is 55.8 Å². The Hall–Kier alpha value is -2.48. The van der Waals surface area contributed by atoms with E-state index in [0.717, 1.165) is 35.5 Å². The molecule has 0 aliphatic carbocycles. The fourth-order valence-electron chi connectivity index (χ4n) is 3.34. The predicted octanol–water partition coefficient (Wildman–Crippen LogP) is 6.12. The van der Waals surface area contributed by atoms with E-state index in [2.05, 4.69) is 77.1 Å². The average molecular weight is 330 g/mol. The number of para-hydroxylation sites is 1. The van der Waals surface area contributed by atoms with Crippen LogP contribution in [0, 0.1) is 13.8 Å². The zero-order valence-electron chi connectivity index (χ0n) is 15.9. The van der Waals surface area contributed by atoms with Gasteiger partial charge in [0.1, 0.15) is 0 Å². The molecule has 0 spiro atoms. The van der Waals surface area contributed by atoms with Crippen molar-refractivity contribution in [2.75, 3.05) is 0 Å².